The number of nitrogens with zero attached hydrogens (tertiary/aromatic N) is 4. The molecular formula is C34H39Cl2N5O4. The molecule has 3 amide bonds. The van der Waals surface area contributed by atoms with E-state index in [9.17, 15) is 9.59 Å². The first kappa shape index (κ1) is 32.6. The lowest BCUT2D eigenvalue weighted by Gasteiger charge is -2.47. The second-order valence-corrected chi connectivity index (χ2v) is 12.8. The summed E-state index contributed by atoms with van der Waals surface area (Å²) in [7, 11) is 1.60. The molecular weight excluding hydrogens is 613 g/mol. The average Bonchev–Trinajstić information content (AvgIpc) is 3.25. The molecule has 0 aromatic heterocycles. The van der Waals surface area contributed by atoms with E-state index in [2.05, 4.69) is 0 Å². The van der Waals surface area contributed by atoms with Gasteiger partial charge in [0.25, 0.3) is 0 Å². The molecule has 3 aromatic carbocycles. The van der Waals surface area contributed by atoms with Crippen molar-refractivity contribution in [2.24, 2.45) is 10.7 Å². The number of carbonyl (C=O) groups excluding carboxylic acids is 2. The summed E-state index contributed by atoms with van der Waals surface area (Å²) in [6.45, 7) is 10.00. The van der Waals surface area contributed by atoms with Gasteiger partial charge in [0, 0.05) is 42.3 Å². The molecule has 9 nitrogen and oxygen atoms in total. The summed E-state index contributed by atoms with van der Waals surface area (Å²) in [5, 5.41) is 1.18. The Labute approximate surface area is 274 Å². The summed E-state index contributed by atoms with van der Waals surface area (Å²) < 4.78 is 11.8. The number of hydrogen-bond donors (Lipinski definition) is 1. The fourth-order valence-corrected chi connectivity index (χ4v) is 6.44. The van der Waals surface area contributed by atoms with Gasteiger partial charge >= 0.3 is 6.03 Å². The fraction of sp³-hybridized carbons (Fsp3) is 0.382. The third kappa shape index (κ3) is 6.21. The molecule has 11 heteroatoms. The zero-order valence-corrected chi connectivity index (χ0v) is 27.7. The molecule has 5 rings (SSSR count). The molecule has 0 unspecified atom stereocenters. The zero-order chi connectivity index (χ0) is 32.5. The van der Waals surface area contributed by atoms with Crippen LogP contribution in [-0.2, 0) is 15.9 Å². The Bertz CT molecular complexity index is 1590. The summed E-state index contributed by atoms with van der Waals surface area (Å²) in [5.74, 6) is 1.24. The first-order valence-electron chi connectivity index (χ1n) is 14.9. The number of nitrogens with two attached hydrogens (primary N) is 1. The van der Waals surface area contributed by atoms with Crippen molar-refractivity contribution in [2.45, 2.75) is 44.9 Å². The van der Waals surface area contributed by atoms with Gasteiger partial charge in [-0.2, -0.15) is 0 Å². The van der Waals surface area contributed by atoms with Crippen molar-refractivity contribution in [3.63, 3.8) is 0 Å². The van der Waals surface area contributed by atoms with Gasteiger partial charge < -0.3 is 20.1 Å². The van der Waals surface area contributed by atoms with Crippen LogP contribution in [0.1, 0.15) is 44.4 Å². The first-order valence-corrected chi connectivity index (χ1v) is 15.7. The van der Waals surface area contributed by atoms with Gasteiger partial charge in [-0.1, -0.05) is 47.5 Å². The van der Waals surface area contributed by atoms with Crippen molar-refractivity contribution in [3.05, 3.63) is 93.5 Å². The van der Waals surface area contributed by atoms with Crippen molar-refractivity contribution in [2.75, 3.05) is 39.8 Å². The van der Waals surface area contributed by atoms with Crippen LogP contribution < -0.4 is 15.2 Å². The molecule has 0 aliphatic carbocycles. The van der Waals surface area contributed by atoms with Crippen molar-refractivity contribution >= 4 is 41.0 Å². The molecule has 0 spiro atoms. The van der Waals surface area contributed by atoms with Gasteiger partial charge in [-0.3, -0.25) is 19.6 Å². The monoisotopic (exact) mass is 651 g/mol. The predicted octanol–water partition coefficient (Wildman–Crippen LogP) is 5.91. The summed E-state index contributed by atoms with van der Waals surface area (Å²) in [6, 6.07) is 20.5. The van der Waals surface area contributed by atoms with Crippen LogP contribution in [0.25, 0.3) is 0 Å². The van der Waals surface area contributed by atoms with Gasteiger partial charge in [-0.15, -0.1) is 0 Å². The summed E-state index contributed by atoms with van der Waals surface area (Å²) >= 11 is 12.7. The molecule has 2 aliphatic heterocycles. The number of primary amides is 1. The number of hydrogen-bond acceptors (Lipinski definition) is 6. The number of benzene rings is 3. The van der Waals surface area contributed by atoms with E-state index in [4.69, 9.17) is 43.4 Å². The van der Waals surface area contributed by atoms with Crippen LogP contribution in [-0.4, -0.2) is 78.4 Å². The smallest absolute Gasteiger partial charge is 0.326 e. The molecule has 0 radical (unpaired) electrons. The maximum atomic E-state index is 14.9. The SMILES string of the molecule is COc1ccc(C2=N[C@@](C)(c3ccc(Cl)cc3)[C@](C)(c3ccc(Cl)cc3)N2C(=O)N2CCN(CC(N)=O)CC2)c(OC(C)C)c1. The molecule has 0 bridgehead atoms. The van der Waals surface area contributed by atoms with E-state index in [-0.39, 0.29) is 18.7 Å². The molecule has 2 aliphatic rings. The molecule has 45 heavy (non-hydrogen) atoms. The van der Waals surface area contributed by atoms with Crippen LogP contribution in [0.3, 0.4) is 0 Å². The largest absolute Gasteiger partial charge is 0.497 e. The summed E-state index contributed by atoms with van der Waals surface area (Å²) in [6.07, 6.45) is -0.148. The lowest BCUT2D eigenvalue weighted by Crippen LogP contribution is -2.61. The Balaban J connectivity index is 1.73. The van der Waals surface area contributed by atoms with Crippen molar-refractivity contribution in [1.29, 1.82) is 0 Å². The van der Waals surface area contributed by atoms with Gasteiger partial charge in [0.2, 0.25) is 5.91 Å². The van der Waals surface area contributed by atoms with Gasteiger partial charge in [-0.05, 0) is 75.2 Å². The topological polar surface area (TPSA) is 101 Å². The molecule has 2 atom stereocenters. The van der Waals surface area contributed by atoms with E-state index >= 15 is 0 Å². The number of amidine groups is 1. The Kier molecular flexibility index (Phi) is 9.35. The van der Waals surface area contributed by atoms with Gasteiger partial charge in [0.05, 0.1) is 25.3 Å². The number of amides is 3. The maximum absolute atomic E-state index is 14.9. The standard InChI is InChI=1S/C34H39Cl2N5O4/c1-22(2)45-29-20-27(44-5)14-15-28(29)31-38-33(3,23-6-10-25(35)11-7-23)34(4,24-8-12-26(36)13-9-24)41(31)32(43)40-18-16-39(17-19-40)21-30(37)42/h6-15,20,22H,16-19,21H2,1-5H3,(H2,37,42)/t33-,34-/m0/s1. The molecule has 1 fully saturated rings. The summed E-state index contributed by atoms with van der Waals surface area (Å²) in [4.78, 5) is 37.5. The highest BCUT2D eigenvalue weighted by Crippen LogP contribution is 2.54. The van der Waals surface area contributed by atoms with E-state index in [0.717, 1.165) is 11.1 Å². The fourth-order valence-electron chi connectivity index (χ4n) is 6.19. The quantitative estimate of drug-likeness (QED) is 0.327. The van der Waals surface area contributed by atoms with E-state index in [1.165, 1.54) is 0 Å². The molecule has 238 valence electrons. The number of piperazine rings is 1. The molecule has 1 saturated heterocycles. The molecule has 3 aromatic rings. The highest BCUT2D eigenvalue weighted by molar-refractivity contribution is 6.30. The molecule has 0 saturated carbocycles. The maximum Gasteiger partial charge on any atom is 0.326 e. The number of urea groups is 1. The Morgan fingerprint density at radius 1 is 0.911 bits per heavy atom. The molecule has 2 heterocycles. The third-order valence-electron chi connectivity index (χ3n) is 8.75. The van der Waals surface area contributed by atoms with Crippen molar-refractivity contribution < 1.29 is 19.1 Å². The van der Waals surface area contributed by atoms with Gasteiger partial charge in [-0.25, -0.2) is 4.79 Å². The lowest BCUT2D eigenvalue weighted by atomic mass is 9.71. The van der Waals surface area contributed by atoms with Crippen molar-refractivity contribution in [1.82, 2.24) is 14.7 Å². The van der Waals surface area contributed by atoms with E-state index < -0.39 is 17.0 Å². The number of carbonyl (C=O) groups is 2. The Hall–Kier alpha value is -3.79. The number of aliphatic imine (C=N–C) groups is 1. The zero-order valence-electron chi connectivity index (χ0n) is 26.2. The van der Waals surface area contributed by atoms with Crippen molar-refractivity contribution in [3.8, 4) is 11.5 Å². The minimum atomic E-state index is -1.03. The van der Waals surface area contributed by atoms with Crippen LogP contribution in [0.15, 0.2) is 71.7 Å². The van der Waals surface area contributed by atoms with E-state index in [1.807, 2.05) is 99.3 Å². The predicted molar refractivity (Wildman–Crippen MR) is 177 cm³/mol. The highest BCUT2D eigenvalue weighted by Gasteiger charge is 2.60. The van der Waals surface area contributed by atoms with Crippen LogP contribution in [0, 0.1) is 0 Å². The number of ether oxygens (including phenoxy) is 2. The second kappa shape index (κ2) is 12.9. The first-order chi connectivity index (χ1) is 21.4. The van der Waals surface area contributed by atoms with Gasteiger partial charge in [0.1, 0.15) is 28.4 Å². The summed E-state index contributed by atoms with van der Waals surface area (Å²) in [5.41, 5.74) is 5.83. The van der Waals surface area contributed by atoms with E-state index in [1.54, 1.807) is 16.9 Å². The number of halogens is 2. The van der Waals surface area contributed by atoms with Gasteiger partial charge in [0.15, 0.2) is 0 Å². The second-order valence-electron chi connectivity index (χ2n) is 12.0. The minimum Gasteiger partial charge on any atom is -0.497 e. The van der Waals surface area contributed by atoms with Crippen LogP contribution in [0.4, 0.5) is 4.79 Å². The molecule has 2 N–H and O–H groups in total. The van der Waals surface area contributed by atoms with Crippen LogP contribution in [0.5, 0.6) is 11.5 Å². The van der Waals surface area contributed by atoms with Crippen LogP contribution >= 0.6 is 23.2 Å². The minimum absolute atomic E-state index is 0.148. The normalized spacial score (nSPS) is 22.0. The third-order valence-corrected chi connectivity index (χ3v) is 9.26. The number of rotatable bonds is 8. The van der Waals surface area contributed by atoms with E-state index in [0.29, 0.717) is 59.1 Å². The average molecular weight is 653 g/mol. The number of methoxy groups -OCH3 is 1. The van der Waals surface area contributed by atoms with Crippen LogP contribution in [0.2, 0.25) is 10.0 Å². The highest BCUT2D eigenvalue weighted by atomic mass is 35.5. The lowest BCUT2D eigenvalue weighted by molar-refractivity contribution is -0.119. The Morgan fingerprint density at radius 3 is 2.02 bits per heavy atom. The Morgan fingerprint density at radius 2 is 1.49 bits per heavy atom.